The van der Waals surface area contributed by atoms with E-state index < -0.39 is 5.97 Å². The number of carbonyl (C=O) groups is 2. The monoisotopic (exact) mass is 292 g/mol. The number of hydrogen-bond acceptors (Lipinski definition) is 4. The van der Waals surface area contributed by atoms with Gasteiger partial charge in [-0.25, -0.2) is 0 Å². The molecule has 1 heterocycles. The summed E-state index contributed by atoms with van der Waals surface area (Å²) in [5.74, 6) is -0.763. The lowest BCUT2D eigenvalue weighted by molar-refractivity contribution is -0.138. The van der Waals surface area contributed by atoms with Crippen LogP contribution in [0.15, 0.2) is 18.2 Å². The highest BCUT2D eigenvalue weighted by Crippen LogP contribution is 2.18. The Labute approximate surface area is 123 Å². The maximum atomic E-state index is 12.5. The van der Waals surface area contributed by atoms with E-state index in [2.05, 4.69) is 0 Å². The van der Waals surface area contributed by atoms with Crippen molar-refractivity contribution in [2.75, 3.05) is 32.7 Å². The van der Waals surface area contributed by atoms with Gasteiger partial charge >= 0.3 is 5.97 Å². The van der Waals surface area contributed by atoms with Crippen LogP contribution < -0.4 is 0 Å². The Morgan fingerprint density at radius 1 is 1.19 bits per heavy atom. The van der Waals surface area contributed by atoms with Gasteiger partial charge in [-0.15, -0.1) is 0 Å². The normalized spacial score (nSPS) is 16.5. The number of nitrogens with zero attached hydrogens (tertiary/aromatic N) is 2. The number of amides is 1. The molecule has 114 valence electrons. The van der Waals surface area contributed by atoms with Gasteiger partial charge in [0, 0.05) is 31.7 Å². The maximum Gasteiger partial charge on any atom is 0.317 e. The standard InChI is InChI=1S/C15H20N2O4/c1-11-9-12(18)3-4-13(11)15(21)17-6-2-5-16(7-8-17)10-14(19)20/h3-4,9,18H,2,5-8,10H2,1H3,(H,19,20). The number of carbonyl (C=O) groups excluding carboxylic acids is 1. The molecule has 0 aliphatic carbocycles. The zero-order valence-electron chi connectivity index (χ0n) is 12.1. The number of phenols is 1. The largest absolute Gasteiger partial charge is 0.508 e. The summed E-state index contributed by atoms with van der Waals surface area (Å²) in [7, 11) is 0. The van der Waals surface area contributed by atoms with E-state index >= 15 is 0 Å². The first-order valence-corrected chi connectivity index (χ1v) is 7.00. The molecule has 6 nitrogen and oxygen atoms in total. The third kappa shape index (κ3) is 3.95. The lowest BCUT2D eigenvalue weighted by Gasteiger charge is -2.22. The molecule has 1 aromatic carbocycles. The summed E-state index contributed by atoms with van der Waals surface area (Å²) in [6.45, 7) is 4.20. The number of aliphatic carboxylic acids is 1. The lowest BCUT2D eigenvalue weighted by Crippen LogP contribution is -2.36. The van der Waals surface area contributed by atoms with Gasteiger partial charge in [0.05, 0.1) is 6.54 Å². The topological polar surface area (TPSA) is 81.1 Å². The molecule has 0 spiro atoms. The molecule has 0 unspecified atom stereocenters. The van der Waals surface area contributed by atoms with E-state index in [9.17, 15) is 14.7 Å². The Kier molecular flexibility index (Phi) is 4.80. The number of hydrogen-bond donors (Lipinski definition) is 2. The molecule has 1 amide bonds. The third-order valence-electron chi connectivity index (χ3n) is 3.67. The van der Waals surface area contributed by atoms with Crippen molar-refractivity contribution in [1.29, 1.82) is 0 Å². The molecule has 0 radical (unpaired) electrons. The Balaban J connectivity index is 2.04. The van der Waals surface area contributed by atoms with E-state index in [0.29, 0.717) is 31.7 Å². The average molecular weight is 292 g/mol. The molecular formula is C15H20N2O4. The van der Waals surface area contributed by atoms with Crippen molar-refractivity contribution in [3.8, 4) is 5.75 Å². The Hall–Kier alpha value is -2.08. The summed E-state index contributed by atoms with van der Waals surface area (Å²) in [5.41, 5.74) is 1.33. The minimum absolute atomic E-state index is 0.0142. The molecule has 1 saturated heterocycles. The second-order valence-corrected chi connectivity index (χ2v) is 5.31. The van der Waals surface area contributed by atoms with Gasteiger partial charge in [0.15, 0.2) is 0 Å². The van der Waals surface area contributed by atoms with E-state index in [1.807, 2.05) is 4.90 Å². The predicted molar refractivity (Wildman–Crippen MR) is 77.4 cm³/mol. The Bertz CT molecular complexity index is 544. The summed E-state index contributed by atoms with van der Waals surface area (Å²) in [5, 5.41) is 18.2. The van der Waals surface area contributed by atoms with Crippen molar-refractivity contribution in [2.45, 2.75) is 13.3 Å². The number of phenolic OH excluding ortho intramolecular Hbond substituents is 1. The molecule has 2 N–H and O–H groups in total. The number of aryl methyl sites for hydroxylation is 1. The van der Waals surface area contributed by atoms with E-state index in [0.717, 1.165) is 12.0 Å². The van der Waals surface area contributed by atoms with Crippen LogP contribution in [0.25, 0.3) is 0 Å². The molecule has 0 bridgehead atoms. The predicted octanol–water partition coefficient (Wildman–Crippen LogP) is 0.933. The van der Waals surface area contributed by atoms with Crippen LogP contribution in [0.3, 0.4) is 0 Å². The summed E-state index contributed by atoms with van der Waals surface area (Å²) in [4.78, 5) is 26.9. The van der Waals surface area contributed by atoms with Gasteiger partial charge in [-0.05, 0) is 37.1 Å². The maximum absolute atomic E-state index is 12.5. The molecule has 0 atom stereocenters. The van der Waals surface area contributed by atoms with E-state index in [1.54, 1.807) is 24.0 Å². The SMILES string of the molecule is Cc1cc(O)ccc1C(=O)N1CCCN(CC(=O)O)CC1. The van der Waals surface area contributed by atoms with Crippen molar-refractivity contribution in [2.24, 2.45) is 0 Å². The second kappa shape index (κ2) is 6.58. The molecule has 1 aliphatic rings. The van der Waals surface area contributed by atoms with Crippen LogP contribution >= 0.6 is 0 Å². The first-order chi connectivity index (χ1) is 9.97. The van der Waals surface area contributed by atoms with Gasteiger partial charge in [0.25, 0.3) is 5.91 Å². The van der Waals surface area contributed by atoms with Crippen molar-refractivity contribution in [3.63, 3.8) is 0 Å². The molecule has 1 aliphatic heterocycles. The molecule has 6 heteroatoms. The summed E-state index contributed by atoms with van der Waals surface area (Å²) in [6, 6.07) is 4.71. The first-order valence-electron chi connectivity index (χ1n) is 7.00. The van der Waals surface area contributed by atoms with Gasteiger partial charge in [0.1, 0.15) is 5.75 Å². The molecule has 21 heavy (non-hydrogen) atoms. The highest BCUT2D eigenvalue weighted by molar-refractivity contribution is 5.95. The minimum Gasteiger partial charge on any atom is -0.508 e. The van der Waals surface area contributed by atoms with Gasteiger partial charge in [-0.1, -0.05) is 0 Å². The second-order valence-electron chi connectivity index (χ2n) is 5.31. The first kappa shape index (κ1) is 15.3. The number of benzene rings is 1. The van der Waals surface area contributed by atoms with Crippen LogP contribution in [0, 0.1) is 6.92 Å². The fraction of sp³-hybridized carbons (Fsp3) is 0.467. The van der Waals surface area contributed by atoms with Crippen LogP contribution in [0.5, 0.6) is 5.75 Å². The number of carboxylic acid groups (broad SMARTS) is 1. The summed E-state index contributed by atoms with van der Waals surface area (Å²) >= 11 is 0. The van der Waals surface area contributed by atoms with Gasteiger partial charge < -0.3 is 15.1 Å². The highest BCUT2D eigenvalue weighted by Gasteiger charge is 2.22. The van der Waals surface area contributed by atoms with E-state index in [-0.39, 0.29) is 18.2 Å². The van der Waals surface area contributed by atoms with Crippen LogP contribution in [0.1, 0.15) is 22.3 Å². The smallest absolute Gasteiger partial charge is 0.317 e. The number of rotatable bonds is 3. The summed E-state index contributed by atoms with van der Waals surface area (Å²) in [6.07, 6.45) is 0.760. The molecule has 0 aromatic heterocycles. The van der Waals surface area contributed by atoms with Crippen LogP contribution in [-0.2, 0) is 4.79 Å². The van der Waals surface area contributed by atoms with Gasteiger partial charge in [-0.2, -0.15) is 0 Å². The van der Waals surface area contributed by atoms with E-state index in [4.69, 9.17) is 5.11 Å². The quantitative estimate of drug-likeness (QED) is 0.866. The van der Waals surface area contributed by atoms with Crippen molar-refractivity contribution >= 4 is 11.9 Å². The summed E-state index contributed by atoms with van der Waals surface area (Å²) < 4.78 is 0. The van der Waals surface area contributed by atoms with Crippen LogP contribution in [0.2, 0.25) is 0 Å². The lowest BCUT2D eigenvalue weighted by atomic mass is 10.1. The molecule has 0 saturated carbocycles. The van der Waals surface area contributed by atoms with Crippen molar-refractivity contribution < 1.29 is 19.8 Å². The molecule has 1 aromatic rings. The fourth-order valence-corrected chi connectivity index (χ4v) is 2.58. The zero-order valence-corrected chi connectivity index (χ0v) is 12.1. The third-order valence-corrected chi connectivity index (χ3v) is 3.67. The molecule has 2 rings (SSSR count). The van der Waals surface area contributed by atoms with E-state index in [1.165, 1.54) is 6.07 Å². The average Bonchev–Trinajstić information content (AvgIpc) is 2.63. The van der Waals surface area contributed by atoms with Crippen LogP contribution in [-0.4, -0.2) is 64.6 Å². The molecular weight excluding hydrogens is 272 g/mol. The van der Waals surface area contributed by atoms with Gasteiger partial charge in [0.2, 0.25) is 0 Å². The Morgan fingerprint density at radius 2 is 1.95 bits per heavy atom. The highest BCUT2D eigenvalue weighted by atomic mass is 16.4. The fourth-order valence-electron chi connectivity index (χ4n) is 2.58. The minimum atomic E-state index is -0.843. The molecule has 1 fully saturated rings. The van der Waals surface area contributed by atoms with Crippen LogP contribution in [0.4, 0.5) is 0 Å². The Morgan fingerprint density at radius 3 is 2.62 bits per heavy atom. The van der Waals surface area contributed by atoms with Crippen molar-refractivity contribution in [1.82, 2.24) is 9.80 Å². The number of carboxylic acids is 1. The zero-order chi connectivity index (χ0) is 15.4. The van der Waals surface area contributed by atoms with Gasteiger partial charge in [-0.3, -0.25) is 14.5 Å². The van der Waals surface area contributed by atoms with Crippen molar-refractivity contribution in [3.05, 3.63) is 29.3 Å². The number of aromatic hydroxyl groups is 1.